The topological polar surface area (TPSA) is 50.9 Å². The first kappa shape index (κ1) is 11.6. The number of rotatable bonds is 4. The summed E-state index contributed by atoms with van der Waals surface area (Å²) < 4.78 is 0. The Hall–Kier alpha value is -0.900. The van der Waals surface area contributed by atoms with Crippen molar-refractivity contribution in [2.24, 2.45) is 0 Å². The number of nitrogens with two attached hydrogens (primary N) is 1. The molecule has 3 nitrogen and oxygen atoms in total. The summed E-state index contributed by atoms with van der Waals surface area (Å²) >= 11 is 2.06. The van der Waals surface area contributed by atoms with E-state index in [1.54, 1.807) is 6.20 Å². The zero-order valence-corrected chi connectivity index (χ0v) is 10.5. The van der Waals surface area contributed by atoms with Crippen molar-refractivity contribution in [3.05, 3.63) is 18.5 Å². The van der Waals surface area contributed by atoms with Crippen LogP contribution in [-0.4, -0.2) is 22.0 Å². The van der Waals surface area contributed by atoms with Gasteiger partial charge in [0.05, 0.1) is 17.6 Å². The number of hydrogen-bond acceptors (Lipinski definition) is 4. The summed E-state index contributed by atoms with van der Waals surface area (Å²) in [5.74, 6) is 1.19. The van der Waals surface area contributed by atoms with Gasteiger partial charge in [0.2, 0.25) is 0 Å². The Bertz CT molecular complexity index is 343. The van der Waals surface area contributed by atoms with Gasteiger partial charge in [-0.3, -0.25) is 4.98 Å². The molecular weight excluding hydrogens is 218 g/mol. The average Bonchev–Trinajstić information content (AvgIpc) is 2.66. The molecule has 2 unspecified atom stereocenters. The van der Waals surface area contributed by atoms with Gasteiger partial charge < -0.3 is 11.1 Å². The van der Waals surface area contributed by atoms with Crippen LogP contribution in [0.2, 0.25) is 0 Å². The largest absolute Gasteiger partial charge is 0.397 e. The number of thioether (sulfide) groups is 1. The third-order valence-corrected chi connectivity index (χ3v) is 4.27. The Labute approximate surface area is 101 Å². The maximum Gasteiger partial charge on any atom is 0.0549 e. The van der Waals surface area contributed by atoms with Crippen LogP contribution in [0.15, 0.2) is 18.5 Å². The standard InChI is InChI=1S/C12H19N3S/c1-2-16-12-5-3-4-11(12)15-10-6-9(13)7-14-8-10/h6-8,11-12,15H,2-5,13H2,1H3. The molecule has 0 aliphatic heterocycles. The lowest BCUT2D eigenvalue weighted by atomic mass is 10.2. The van der Waals surface area contributed by atoms with E-state index in [9.17, 15) is 0 Å². The molecule has 0 spiro atoms. The summed E-state index contributed by atoms with van der Waals surface area (Å²) in [4.78, 5) is 4.10. The molecule has 88 valence electrons. The van der Waals surface area contributed by atoms with Crippen LogP contribution in [0.3, 0.4) is 0 Å². The van der Waals surface area contributed by atoms with Gasteiger partial charge in [-0.1, -0.05) is 13.3 Å². The quantitative estimate of drug-likeness (QED) is 0.845. The molecule has 2 atom stereocenters. The summed E-state index contributed by atoms with van der Waals surface area (Å²) in [6.07, 6.45) is 7.43. The summed E-state index contributed by atoms with van der Waals surface area (Å²) in [6.45, 7) is 2.22. The SMILES string of the molecule is CCSC1CCCC1Nc1cncc(N)c1. The zero-order valence-electron chi connectivity index (χ0n) is 9.65. The molecule has 16 heavy (non-hydrogen) atoms. The molecule has 1 aromatic rings. The molecule has 1 aliphatic rings. The second kappa shape index (κ2) is 5.43. The maximum atomic E-state index is 5.72. The highest BCUT2D eigenvalue weighted by Crippen LogP contribution is 2.32. The van der Waals surface area contributed by atoms with Crippen molar-refractivity contribution in [3.63, 3.8) is 0 Å². The number of anilines is 2. The molecule has 1 aromatic heterocycles. The molecular formula is C12H19N3S. The number of nitrogen functional groups attached to an aromatic ring is 1. The number of aromatic nitrogens is 1. The molecule has 0 bridgehead atoms. The first-order chi connectivity index (χ1) is 7.79. The minimum absolute atomic E-state index is 0.577. The highest BCUT2D eigenvalue weighted by Gasteiger charge is 2.26. The van der Waals surface area contributed by atoms with E-state index in [2.05, 4.69) is 29.0 Å². The Morgan fingerprint density at radius 2 is 2.38 bits per heavy atom. The van der Waals surface area contributed by atoms with Gasteiger partial charge in [-0.05, 0) is 24.7 Å². The van der Waals surface area contributed by atoms with E-state index in [1.807, 2.05) is 12.3 Å². The highest BCUT2D eigenvalue weighted by molar-refractivity contribution is 7.99. The summed E-state index contributed by atoms with van der Waals surface area (Å²) in [5.41, 5.74) is 7.49. The second-order valence-electron chi connectivity index (χ2n) is 4.18. The third kappa shape index (κ3) is 2.82. The molecule has 0 saturated heterocycles. The molecule has 0 radical (unpaired) electrons. The van der Waals surface area contributed by atoms with Crippen molar-refractivity contribution in [2.75, 3.05) is 16.8 Å². The van der Waals surface area contributed by atoms with E-state index in [-0.39, 0.29) is 0 Å². The fraction of sp³-hybridized carbons (Fsp3) is 0.583. The van der Waals surface area contributed by atoms with Gasteiger partial charge in [0.1, 0.15) is 0 Å². The van der Waals surface area contributed by atoms with Crippen LogP contribution < -0.4 is 11.1 Å². The third-order valence-electron chi connectivity index (χ3n) is 2.94. The van der Waals surface area contributed by atoms with E-state index in [0.717, 1.165) is 16.6 Å². The van der Waals surface area contributed by atoms with E-state index >= 15 is 0 Å². The van der Waals surface area contributed by atoms with Gasteiger partial charge >= 0.3 is 0 Å². The molecule has 2 rings (SSSR count). The molecule has 1 fully saturated rings. The number of pyridine rings is 1. The first-order valence-corrected chi connectivity index (χ1v) is 6.93. The van der Waals surface area contributed by atoms with E-state index < -0.39 is 0 Å². The molecule has 1 aliphatic carbocycles. The van der Waals surface area contributed by atoms with Crippen LogP contribution in [0.1, 0.15) is 26.2 Å². The van der Waals surface area contributed by atoms with Crippen LogP contribution in [0.5, 0.6) is 0 Å². The van der Waals surface area contributed by atoms with Crippen molar-refractivity contribution < 1.29 is 0 Å². The summed E-state index contributed by atoms with van der Waals surface area (Å²) in [6, 6.07) is 2.53. The Morgan fingerprint density at radius 3 is 3.12 bits per heavy atom. The molecule has 1 saturated carbocycles. The Morgan fingerprint density at radius 1 is 1.50 bits per heavy atom. The Balaban J connectivity index is 1.98. The summed E-state index contributed by atoms with van der Waals surface area (Å²) in [5, 5.41) is 4.30. The van der Waals surface area contributed by atoms with Crippen LogP contribution in [0, 0.1) is 0 Å². The van der Waals surface area contributed by atoms with Gasteiger partial charge in [-0.2, -0.15) is 11.8 Å². The van der Waals surface area contributed by atoms with E-state index in [4.69, 9.17) is 5.73 Å². The first-order valence-electron chi connectivity index (χ1n) is 5.88. The van der Waals surface area contributed by atoms with Crippen LogP contribution in [0.4, 0.5) is 11.4 Å². The molecule has 0 amide bonds. The Kier molecular flexibility index (Phi) is 3.93. The number of nitrogens with zero attached hydrogens (tertiary/aromatic N) is 1. The van der Waals surface area contributed by atoms with Crippen LogP contribution in [0.25, 0.3) is 0 Å². The van der Waals surface area contributed by atoms with E-state index in [0.29, 0.717) is 6.04 Å². The maximum absolute atomic E-state index is 5.72. The monoisotopic (exact) mass is 237 g/mol. The van der Waals surface area contributed by atoms with Crippen molar-refractivity contribution in [3.8, 4) is 0 Å². The van der Waals surface area contributed by atoms with E-state index in [1.165, 1.54) is 25.0 Å². The zero-order chi connectivity index (χ0) is 11.4. The van der Waals surface area contributed by atoms with Gasteiger partial charge in [-0.25, -0.2) is 0 Å². The van der Waals surface area contributed by atoms with Crippen molar-refractivity contribution in [1.82, 2.24) is 4.98 Å². The normalized spacial score (nSPS) is 24.6. The van der Waals surface area contributed by atoms with Crippen molar-refractivity contribution >= 4 is 23.1 Å². The fourth-order valence-corrected chi connectivity index (χ4v) is 3.45. The fourth-order valence-electron chi connectivity index (χ4n) is 2.26. The predicted molar refractivity (Wildman–Crippen MR) is 71.8 cm³/mol. The van der Waals surface area contributed by atoms with Gasteiger partial charge in [0.15, 0.2) is 0 Å². The predicted octanol–water partition coefficient (Wildman–Crippen LogP) is 2.75. The lowest BCUT2D eigenvalue weighted by Crippen LogP contribution is -2.26. The highest BCUT2D eigenvalue weighted by atomic mass is 32.2. The lowest BCUT2D eigenvalue weighted by Gasteiger charge is -2.21. The number of hydrogen-bond donors (Lipinski definition) is 2. The van der Waals surface area contributed by atoms with Gasteiger partial charge in [0.25, 0.3) is 0 Å². The van der Waals surface area contributed by atoms with Gasteiger partial charge in [0, 0.05) is 17.5 Å². The molecule has 1 heterocycles. The van der Waals surface area contributed by atoms with Gasteiger partial charge in [-0.15, -0.1) is 0 Å². The molecule has 0 aromatic carbocycles. The van der Waals surface area contributed by atoms with Crippen LogP contribution in [-0.2, 0) is 0 Å². The second-order valence-corrected chi connectivity index (χ2v) is 5.70. The van der Waals surface area contributed by atoms with Crippen LogP contribution >= 0.6 is 11.8 Å². The minimum atomic E-state index is 0.577. The summed E-state index contributed by atoms with van der Waals surface area (Å²) in [7, 11) is 0. The molecule has 4 heteroatoms. The lowest BCUT2D eigenvalue weighted by molar-refractivity contribution is 0.767. The van der Waals surface area contributed by atoms with Crippen molar-refractivity contribution in [1.29, 1.82) is 0 Å². The number of nitrogens with one attached hydrogen (secondary N) is 1. The molecule has 3 N–H and O–H groups in total. The van der Waals surface area contributed by atoms with Crippen molar-refractivity contribution in [2.45, 2.75) is 37.5 Å². The smallest absolute Gasteiger partial charge is 0.0549 e. The average molecular weight is 237 g/mol. The minimum Gasteiger partial charge on any atom is -0.397 e.